The molecule has 3 rings (SSSR count). The molecule has 32 heavy (non-hydrogen) atoms. The van der Waals surface area contributed by atoms with E-state index in [-0.39, 0.29) is 16.4 Å². The molecule has 1 saturated heterocycles. The quantitative estimate of drug-likeness (QED) is 0.352. The zero-order valence-electron chi connectivity index (χ0n) is 17.8. The number of amides is 1. The Balaban J connectivity index is 1.45. The zero-order chi connectivity index (χ0) is 23.0. The Morgan fingerprint density at radius 3 is 2.28 bits per heavy atom. The molecule has 168 valence electrons. The van der Waals surface area contributed by atoms with Gasteiger partial charge in [-0.25, -0.2) is 13.6 Å². The highest BCUT2D eigenvalue weighted by Gasteiger charge is 2.23. The van der Waals surface area contributed by atoms with Crippen LogP contribution in [0.1, 0.15) is 11.1 Å². The fourth-order valence-corrected chi connectivity index (χ4v) is 4.01. The van der Waals surface area contributed by atoms with Crippen molar-refractivity contribution in [2.75, 3.05) is 32.7 Å². The van der Waals surface area contributed by atoms with Crippen molar-refractivity contribution in [1.29, 1.82) is 5.26 Å². The summed E-state index contributed by atoms with van der Waals surface area (Å²) < 4.78 is 22.6. The smallest absolute Gasteiger partial charge is 0.266 e. The van der Waals surface area contributed by atoms with Crippen LogP contribution in [0.5, 0.6) is 0 Å². The van der Waals surface area contributed by atoms with E-state index >= 15 is 0 Å². The third kappa shape index (κ3) is 6.65. The second-order valence-electron chi connectivity index (χ2n) is 7.62. The predicted molar refractivity (Wildman–Crippen MR) is 122 cm³/mol. The number of primary sulfonamides is 1. The van der Waals surface area contributed by atoms with Crippen LogP contribution in [-0.4, -0.2) is 56.8 Å². The van der Waals surface area contributed by atoms with Crippen molar-refractivity contribution in [3.05, 3.63) is 77.5 Å². The first-order valence-corrected chi connectivity index (χ1v) is 11.9. The maximum Gasteiger partial charge on any atom is 0.266 e. The number of benzene rings is 2. The molecular formula is C23H27N5O3S. The van der Waals surface area contributed by atoms with Gasteiger partial charge in [0.1, 0.15) is 11.6 Å². The van der Waals surface area contributed by atoms with Crippen molar-refractivity contribution < 1.29 is 13.2 Å². The summed E-state index contributed by atoms with van der Waals surface area (Å²) in [5.41, 5.74) is 2.23. The van der Waals surface area contributed by atoms with E-state index in [2.05, 4.69) is 22.3 Å². The van der Waals surface area contributed by atoms with E-state index in [1.54, 1.807) is 17.0 Å². The van der Waals surface area contributed by atoms with Gasteiger partial charge in [-0.05, 0) is 29.7 Å². The Hall–Kier alpha value is -3.19. The molecule has 0 aliphatic carbocycles. The van der Waals surface area contributed by atoms with Gasteiger partial charge < -0.3 is 10.2 Å². The average Bonchev–Trinajstić information content (AvgIpc) is 2.80. The number of carbonyl (C=O) groups excluding carboxylic acids is 1. The minimum absolute atomic E-state index is 0.0651. The van der Waals surface area contributed by atoms with Gasteiger partial charge in [-0.15, -0.1) is 0 Å². The first-order chi connectivity index (χ1) is 15.4. The fourth-order valence-electron chi connectivity index (χ4n) is 3.50. The monoisotopic (exact) mass is 453 g/mol. The molecule has 0 atom stereocenters. The number of rotatable bonds is 8. The minimum Gasteiger partial charge on any atom is -0.389 e. The topological polar surface area (TPSA) is 120 Å². The van der Waals surface area contributed by atoms with E-state index in [1.165, 1.54) is 23.9 Å². The third-order valence-corrected chi connectivity index (χ3v) is 6.24. The number of nitrogens with one attached hydrogen (secondary N) is 1. The van der Waals surface area contributed by atoms with Crippen LogP contribution in [0.15, 0.2) is 71.3 Å². The number of hydrogen-bond donors (Lipinski definition) is 2. The number of hydrogen-bond acceptors (Lipinski definition) is 6. The van der Waals surface area contributed by atoms with Crippen molar-refractivity contribution >= 4 is 15.9 Å². The lowest BCUT2D eigenvalue weighted by Gasteiger charge is -2.34. The molecule has 3 N–H and O–H groups in total. The molecule has 1 fully saturated rings. The minimum atomic E-state index is -3.71. The second kappa shape index (κ2) is 10.9. The van der Waals surface area contributed by atoms with Crippen molar-refractivity contribution in [3.8, 4) is 6.07 Å². The summed E-state index contributed by atoms with van der Waals surface area (Å²) in [5, 5.41) is 17.5. The van der Waals surface area contributed by atoms with Gasteiger partial charge in [0.15, 0.2) is 0 Å². The number of piperazine rings is 1. The molecule has 2 aromatic carbocycles. The highest BCUT2D eigenvalue weighted by Crippen LogP contribution is 2.11. The van der Waals surface area contributed by atoms with Crippen molar-refractivity contribution in [1.82, 2.24) is 15.1 Å². The van der Waals surface area contributed by atoms with Gasteiger partial charge in [0.2, 0.25) is 10.0 Å². The zero-order valence-corrected chi connectivity index (χ0v) is 18.6. The molecule has 9 heteroatoms. The number of nitrogens with zero attached hydrogens (tertiary/aromatic N) is 3. The molecule has 0 spiro atoms. The first kappa shape index (κ1) is 23.5. The number of nitriles is 1. The van der Waals surface area contributed by atoms with Crippen molar-refractivity contribution in [3.63, 3.8) is 0 Å². The number of sulfonamides is 1. The highest BCUT2D eigenvalue weighted by molar-refractivity contribution is 7.89. The average molecular weight is 454 g/mol. The molecule has 0 unspecified atom stereocenters. The Labute approximate surface area is 189 Å². The second-order valence-corrected chi connectivity index (χ2v) is 9.18. The number of nitrogens with two attached hydrogens (primary N) is 1. The molecular weight excluding hydrogens is 426 g/mol. The van der Waals surface area contributed by atoms with Crippen LogP contribution in [0, 0.1) is 11.3 Å². The van der Waals surface area contributed by atoms with Crippen LogP contribution in [0.2, 0.25) is 0 Å². The van der Waals surface area contributed by atoms with Crippen LogP contribution >= 0.6 is 0 Å². The Morgan fingerprint density at radius 1 is 1.03 bits per heavy atom. The van der Waals surface area contributed by atoms with Gasteiger partial charge in [-0.1, -0.05) is 42.5 Å². The van der Waals surface area contributed by atoms with Crippen molar-refractivity contribution in [2.24, 2.45) is 5.14 Å². The summed E-state index contributed by atoms with van der Waals surface area (Å²) in [6, 6.07) is 18.5. The lowest BCUT2D eigenvalue weighted by atomic mass is 10.1. The fraction of sp³-hybridized carbons (Fsp3) is 0.304. The molecule has 8 nitrogen and oxygen atoms in total. The van der Waals surface area contributed by atoms with Crippen LogP contribution in [0.3, 0.4) is 0 Å². The van der Waals surface area contributed by atoms with E-state index < -0.39 is 10.0 Å². The van der Waals surface area contributed by atoms with Gasteiger partial charge in [-0.3, -0.25) is 9.69 Å². The summed E-state index contributed by atoms with van der Waals surface area (Å²) >= 11 is 0. The van der Waals surface area contributed by atoms with Gasteiger partial charge in [0.05, 0.1) is 4.90 Å². The molecule has 2 aromatic rings. The normalized spacial score (nSPS) is 15.2. The molecule has 1 aliphatic rings. The Bertz CT molecular complexity index is 1080. The van der Waals surface area contributed by atoms with E-state index in [1.807, 2.05) is 24.3 Å². The molecule has 1 aliphatic heterocycles. The third-order valence-electron chi connectivity index (χ3n) is 5.32. The van der Waals surface area contributed by atoms with Gasteiger partial charge in [0, 0.05) is 45.5 Å². The standard InChI is InChI=1S/C23H27N5O3S/c24-16-21(17-26-11-10-19-6-8-22(9-7-19)32(25,30)31)23(29)28-14-12-27(13-15-28)18-20-4-2-1-3-5-20/h1-9,17,26H,10-15,18H2,(H2,25,30,31)/b21-17-. The summed E-state index contributed by atoms with van der Waals surface area (Å²) in [6.45, 7) is 4.05. The van der Waals surface area contributed by atoms with Crippen LogP contribution in [0.4, 0.5) is 0 Å². The Kier molecular flexibility index (Phi) is 8.00. The highest BCUT2D eigenvalue weighted by atomic mass is 32.2. The molecule has 0 aromatic heterocycles. The molecule has 0 radical (unpaired) electrons. The van der Waals surface area contributed by atoms with E-state index in [0.29, 0.717) is 26.1 Å². The molecule has 0 bridgehead atoms. The first-order valence-electron chi connectivity index (χ1n) is 10.4. The van der Waals surface area contributed by atoms with Crippen molar-refractivity contribution in [2.45, 2.75) is 17.9 Å². The maximum absolute atomic E-state index is 12.7. The molecule has 1 heterocycles. The lowest BCUT2D eigenvalue weighted by molar-refractivity contribution is -0.128. The van der Waals surface area contributed by atoms with Gasteiger partial charge >= 0.3 is 0 Å². The van der Waals surface area contributed by atoms with Gasteiger partial charge in [-0.2, -0.15) is 5.26 Å². The van der Waals surface area contributed by atoms with E-state index in [0.717, 1.165) is 25.2 Å². The molecule has 1 amide bonds. The number of carbonyl (C=O) groups is 1. The summed E-state index contributed by atoms with van der Waals surface area (Å²) in [7, 11) is -3.71. The summed E-state index contributed by atoms with van der Waals surface area (Å²) in [6.07, 6.45) is 2.06. The maximum atomic E-state index is 12.7. The SMILES string of the molecule is N#C/C(=C/NCCc1ccc(S(N)(=O)=O)cc1)C(=O)N1CCN(Cc2ccccc2)CC1. The van der Waals surface area contributed by atoms with Gasteiger partial charge in [0.25, 0.3) is 5.91 Å². The van der Waals surface area contributed by atoms with Crippen LogP contribution < -0.4 is 10.5 Å². The predicted octanol–water partition coefficient (Wildman–Crippen LogP) is 1.22. The summed E-state index contributed by atoms with van der Waals surface area (Å²) in [5.74, 6) is -0.267. The van der Waals surface area contributed by atoms with Crippen LogP contribution in [0.25, 0.3) is 0 Å². The largest absolute Gasteiger partial charge is 0.389 e. The molecule has 0 saturated carbocycles. The van der Waals surface area contributed by atoms with E-state index in [9.17, 15) is 18.5 Å². The Morgan fingerprint density at radius 2 is 1.69 bits per heavy atom. The van der Waals surface area contributed by atoms with Crippen LogP contribution in [-0.2, 0) is 27.8 Å². The van der Waals surface area contributed by atoms with E-state index in [4.69, 9.17) is 5.14 Å². The summed E-state index contributed by atoms with van der Waals surface area (Å²) in [4.78, 5) is 16.8. The lowest BCUT2D eigenvalue weighted by Crippen LogP contribution is -2.48.